The highest BCUT2D eigenvalue weighted by Crippen LogP contribution is 2.34. The van der Waals surface area contributed by atoms with E-state index in [4.69, 9.17) is 8.83 Å². The molecule has 4 heterocycles. The van der Waals surface area contributed by atoms with Gasteiger partial charge in [0.1, 0.15) is 23.3 Å². The third kappa shape index (κ3) is 4.04. The van der Waals surface area contributed by atoms with Gasteiger partial charge in [-0.15, -0.1) is 5.10 Å². The Hall–Kier alpha value is -3.59. The Kier molecular flexibility index (Phi) is 5.17. The first-order valence-electron chi connectivity index (χ1n) is 9.76. The molecule has 5 rings (SSSR count). The van der Waals surface area contributed by atoms with Crippen molar-refractivity contribution in [3.05, 3.63) is 78.1 Å². The number of carbonyl (C=O) groups excluding carboxylic acids is 1. The number of benzene rings is 1. The van der Waals surface area contributed by atoms with E-state index < -0.39 is 0 Å². The fourth-order valence-corrected chi connectivity index (χ4v) is 4.03. The van der Waals surface area contributed by atoms with E-state index in [-0.39, 0.29) is 17.7 Å². The molecule has 0 saturated heterocycles. The number of rotatable bonds is 6. The number of thioether (sulfide) groups is 1. The van der Waals surface area contributed by atoms with Crippen molar-refractivity contribution in [3.8, 4) is 11.4 Å². The zero-order chi connectivity index (χ0) is 21.2. The third-order valence-electron chi connectivity index (χ3n) is 4.96. The molecule has 1 aliphatic heterocycles. The van der Waals surface area contributed by atoms with Crippen LogP contribution in [0.2, 0.25) is 0 Å². The second kappa shape index (κ2) is 8.27. The van der Waals surface area contributed by atoms with Gasteiger partial charge in [-0.05, 0) is 31.2 Å². The molecule has 8 nitrogen and oxygen atoms in total. The number of carbonyl (C=O) groups is 1. The van der Waals surface area contributed by atoms with Crippen molar-refractivity contribution >= 4 is 23.4 Å². The van der Waals surface area contributed by atoms with Gasteiger partial charge < -0.3 is 8.83 Å². The summed E-state index contributed by atoms with van der Waals surface area (Å²) in [6, 6.07) is 15.0. The predicted octanol–water partition coefficient (Wildman–Crippen LogP) is 4.44. The van der Waals surface area contributed by atoms with Gasteiger partial charge in [0, 0.05) is 12.0 Å². The lowest BCUT2D eigenvalue weighted by atomic mass is 10.1. The maximum Gasteiger partial charge on any atom is 0.253 e. The summed E-state index contributed by atoms with van der Waals surface area (Å²) in [6.45, 7) is 2.03. The largest absolute Gasteiger partial charge is 0.467 e. The molecule has 1 N–H and O–H groups in total. The highest BCUT2D eigenvalue weighted by Gasteiger charge is 2.35. The second-order valence-electron chi connectivity index (χ2n) is 7.12. The molecule has 0 aliphatic carbocycles. The fraction of sp³-hybridized carbons (Fsp3) is 0.182. The summed E-state index contributed by atoms with van der Waals surface area (Å²) in [5.41, 5.74) is 2.83. The van der Waals surface area contributed by atoms with Gasteiger partial charge in [0.05, 0.1) is 18.3 Å². The van der Waals surface area contributed by atoms with Gasteiger partial charge in [-0.2, -0.15) is 5.10 Å². The molecule has 1 aromatic carbocycles. The van der Waals surface area contributed by atoms with Crippen LogP contribution in [0.25, 0.3) is 11.4 Å². The summed E-state index contributed by atoms with van der Waals surface area (Å²) in [4.78, 5) is 17.5. The lowest BCUT2D eigenvalue weighted by molar-refractivity contribution is -0.130. The molecule has 1 atom stereocenters. The first kappa shape index (κ1) is 19.4. The van der Waals surface area contributed by atoms with E-state index in [1.54, 1.807) is 24.7 Å². The molecule has 1 unspecified atom stereocenters. The summed E-state index contributed by atoms with van der Waals surface area (Å²) in [7, 11) is 0. The molecule has 0 bridgehead atoms. The minimum atomic E-state index is -0.307. The van der Waals surface area contributed by atoms with Gasteiger partial charge in [0.25, 0.3) is 5.91 Å². The highest BCUT2D eigenvalue weighted by atomic mass is 32.2. The Labute approximate surface area is 182 Å². The topological polar surface area (TPSA) is 101 Å². The third-order valence-corrected chi connectivity index (χ3v) is 5.79. The zero-order valence-corrected chi connectivity index (χ0v) is 17.5. The molecule has 0 saturated carbocycles. The van der Waals surface area contributed by atoms with Crippen LogP contribution in [-0.4, -0.2) is 37.6 Å². The first-order chi connectivity index (χ1) is 15.2. The molecule has 1 aliphatic rings. The van der Waals surface area contributed by atoms with Crippen molar-refractivity contribution in [1.82, 2.24) is 20.2 Å². The summed E-state index contributed by atoms with van der Waals surface area (Å²) < 4.78 is 11.0. The zero-order valence-electron chi connectivity index (χ0n) is 16.7. The van der Waals surface area contributed by atoms with Crippen LogP contribution in [0, 0.1) is 6.92 Å². The van der Waals surface area contributed by atoms with Crippen molar-refractivity contribution in [2.45, 2.75) is 24.5 Å². The van der Waals surface area contributed by atoms with E-state index >= 15 is 0 Å². The SMILES string of the molecule is Cc1ccc(-c2nc(SCC(=O)N3N=C(c4ccco4)CC3c3ccco3)n[nH]2)cc1. The molecular weight excluding hydrogens is 414 g/mol. The van der Waals surface area contributed by atoms with Crippen molar-refractivity contribution in [3.63, 3.8) is 0 Å². The molecule has 4 aromatic rings. The normalized spacial score (nSPS) is 16.0. The average molecular weight is 433 g/mol. The number of hydrogen-bond donors (Lipinski definition) is 1. The standard InChI is InChI=1S/C22H19N5O3S/c1-14-6-8-15(9-7-14)21-23-22(25-24-21)31-13-20(28)27-17(19-5-3-11-30-19)12-16(26-27)18-4-2-10-29-18/h2-11,17H,12-13H2,1H3,(H,23,24,25). The fourth-order valence-electron chi connectivity index (χ4n) is 3.38. The number of furan rings is 2. The molecule has 9 heteroatoms. The van der Waals surface area contributed by atoms with Crippen LogP contribution in [0.5, 0.6) is 0 Å². The second-order valence-corrected chi connectivity index (χ2v) is 8.06. The van der Waals surface area contributed by atoms with Crippen LogP contribution in [0.4, 0.5) is 0 Å². The summed E-state index contributed by atoms with van der Waals surface area (Å²) in [6.07, 6.45) is 3.71. The van der Waals surface area contributed by atoms with Crippen LogP contribution in [0.1, 0.15) is 29.5 Å². The van der Waals surface area contributed by atoms with E-state index in [1.807, 2.05) is 43.3 Å². The molecule has 31 heavy (non-hydrogen) atoms. The average Bonchev–Trinajstić information content (AvgIpc) is 3.58. The number of hydrazone groups is 1. The van der Waals surface area contributed by atoms with Crippen LogP contribution in [0.3, 0.4) is 0 Å². The number of nitrogens with zero attached hydrogens (tertiary/aromatic N) is 4. The van der Waals surface area contributed by atoms with Gasteiger partial charge >= 0.3 is 0 Å². The van der Waals surface area contributed by atoms with Crippen molar-refractivity contribution in [2.24, 2.45) is 5.10 Å². The minimum Gasteiger partial charge on any atom is -0.467 e. The Bertz CT molecular complexity index is 1200. The Balaban J connectivity index is 1.30. The van der Waals surface area contributed by atoms with Crippen molar-refractivity contribution in [1.29, 1.82) is 0 Å². The Morgan fingerprint density at radius 3 is 2.71 bits per heavy atom. The van der Waals surface area contributed by atoms with Gasteiger partial charge in [-0.25, -0.2) is 9.99 Å². The highest BCUT2D eigenvalue weighted by molar-refractivity contribution is 7.99. The molecule has 1 amide bonds. The van der Waals surface area contributed by atoms with Crippen LogP contribution in [0.15, 0.2) is 80.1 Å². The summed E-state index contributed by atoms with van der Waals surface area (Å²) in [5.74, 6) is 1.99. The lowest BCUT2D eigenvalue weighted by Gasteiger charge is -2.19. The summed E-state index contributed by atoms with van der Waals surface area (Å²) >= 11 is 1.26. The minimum absolute atomic E-state index is 0.150. The van der Waals surface area contributed by atoms with E-state index in [1.165, 1.54) is 22.3 Å². The first-order valence-corrected chi connectivity index (χ1v) is 10.7. The van der Waals surface area contributed by atoms with E-state index in [0.717, 1.165) is 5.56 Å². The maximum absolute atomic E-state index is 13.0. The number of aryl methyl sites for hydroxylation is 1. The van der Waals surface area contributed by atoms with Crippen LogP contribution >= 0.6 is 11.8 Å². The van der Waals surface area contributed by atoms with Crippen LogP contribution < -0.4 is 0 Å². The van der Waals surface area contributed by atoms with Gasteiger partial charge in [-0.3, -0.25) is 9.89 Å². The van der Waals surface area contributed by atoms with E-state index in [0.29, 0.717) is 34.6 Å². The van der Waals surface area contributed by atoms with Crippen LogP contribution in [-0.2, 0) is 4.79 Å². The van der Waals surface area contributed by atoms with Gasteiger partial charge in [0.2, 0.25) is 5.16 Å². The number of aromatic nitrogens is 3. The molecule has 3 aromatic heterocycles. The smallest absolute Gasteiger partial charge is 0.253 e. The predicted molar refractivity (Wildman–Crippen MR) is 115 cm³/mol. The number of aromatic amines is 1. The van der Waals surface area contributed by atoms with Gasteiger partial charge in [-0.1, -0.05) is 41.6 Å². The quantitative estimate of drug-likeness (QED) is 0.451. The summed E-state index contributed by atoms with van der Waals surface area (Å²) in [5, 5.41) is 13.7. The lowest BCUT2D eigenvalue weighted by Crippen LogP contribution is -2.28. The van der Waals surface area contributed by atoms with E-state index in [2.05, 4.69) is 20.3 Å². The Morgan fingerprint density at radius 1 is 1.16 bits per heavy atom. The molecule has 156 valence electrons. The van der Waals surface area contributed by atoms with Crippen molar-refractivity contribution < 1.29 is 13.6 Å². The Morgan fingerprint density at radius 2 is 1.97 bits per heavy atom. The molecule has 0 spiro atoms. The maximum atomic E-state index is 13.0. The molecule has 0 radical (unpaired) electrons. The van der Waals surface area contributed by atoms with E-state index in [9.17, 15) is 4.79 Å². The number of hydrogen-bond acceptors (Lipinski definition) is 7. The molecular formula is C22H19N5O3S. The molecule has 0 fully saturated rings. The monoisotopic (exact) mass is 433 g/mol. The number of amides is 1. The van der Waals surface area contributed by atoms with Crippen molar-refractivity contribution in [2.75, 3.05) is 5.75 Å². The number of nitrogens with one attached hydrogen (secondary N) is 1. The number of H-pyrrole nitrogens is 1. The van der Waals surface area contributed by atoms with Gasteiger partial charge in [0.15, 0.2) is 5.82 Å².